The van der Waals surface area contributed by atoms with Gasteiger partial charge in [-0.15, -0.1) is 11.3 Å². The third-order valence-corrected chi connectivity index (χ3v) is 5.63. The van der Waals surface area contributed by atoms with Crippen LogP contribution in [0.15, 0.2) is 24.3 Å². The van der Waals surface area contributed by atoms with Crippen molar-refractivity contribution in [2.45, 2.75) is 26.8 Å². The predicted molar refractivity (Wildman–Crippen MR) is 84.4 cm³/mol. The second kappa shape index (κ2) is 5.39. The Balaban J connectivity index is 1.76. The van der Waals surface area contributed by atoms with Crippen LogP contribution in [0.5, 0.6) is 0 Å². The molecule has 0 saturated carbocycles. The lowest BCUT2D eigenvalue weighted by Gasteiger charge is -2.28. The fourth-order valence-corrected chi connectivity index (χ4v) is 4.13. The molecule has 2 heterocycles. The van der Waals surface area contributed by atoms with Gasteiger partial charge in [-0.05, 0) is 31.0 Å². The van der Waals surface area contributed by atoms with Crippen LogP contribution in [0.4, 0.5) is 0 Å². The smallest absolute Gasteiger partial charge is 0.311 e. The van der Waals surface area contributed by atoms with Crippen LogP contribution >= 0.6 is 11.3 Å². The average molecular weight is 304 g/mol. The number of carbonyl (C=O) groups is 1. The first-order chi connectivity index (χ1) is 10.0. The summed E-state index contributed by atoms with van der Waals surface area (Å²) in [7, 11) is 0. The molecule has 0 bridgehead atoms. The van der Waals surface area contributed by atoms with E-state index in [9.17, 15) is 9.90 Å². The lowest BCUT2D eigenvalue weighted by atomic mass is 9.76. The summed E-state index contributed by atoms with van der Waals surface area (Å²) < 4.78 is 1.19. The molecule has 1 N–H and O–H groups in total. The number of para-hydroxylation sites is 1. The molecule has 1 fully saturated rings. The van der Waals surface area contributed by atoms with E-state index in [1.54, 1.807) is 11.3 Å². The van der Waals surface area contributed by atoms with E-state index in [1.807, 2.05) is 32.0 Å². The Bertz CT molecular complexity index is 634. The molecule has 1 unspecified atom stereocenters. The molecule has 3 rings (SSSR count). The minimum Gasteiger partial charge on any atom is -0.481 e. The molecule has 1 aliphatic rings. The number of carboxylic acid groups (broad SMARTS) is 1. The lowest BCUT2D eigenvalue weighted by molar-refractivity contribution is -0.151. The van der Waals surface area contributed by atoms with Crippen LogP contribution in [-0.4, -0.2) is 34.0 Å². The van der Waals surface area contributed by atoms with Gasteiger partial charge in [0.25, 0.3) is 0 Å². The van der Waals surface area contributed by atoms with E-state index in [-0.39, 0.29) is 5.92 Å². The molecule has 5 heteroatoms. The monoisotopic (exact) mass is 304 g/mol. The maximum absolute atomic E-state index is 11.7. The number of fused-ring (bicyclic) bond motifs is 1. The van der Waals surface area contributed by atoms with Crippen molar-refractivity contribution >= 4 is 27.5 Å². The fraction of sp³-hybridized carbons (Fsp3) is 0.500. The summed E-state index contributed by atoms with van der Waals surface area (Å²) in [6.45, 7) is 6.22. The topological polar surface area (TPSA) is 53.4 Å². The van der Waals surface area contributed by atoms with Gasteiger partial charge in [0.1, 0.15) is 5.01 Å². The standard InChI is InChI=1S/C16H20N2O2S/c1-11(2)16(15(19)20)7-8-18(10-16)9-14-17-12-5-3-4-6-13(12)21-14/h3-6,11H,7-10H2,1-2H3,(H,19,20). The molecule has 1 aliphatic heterocycles. The lowest BCUT2D eigenvalue weighted by Crippen LogP contribution is -2.39. The molecular formula is C16H20N2O2S. The van der Waals surface area contributed by atoms with Crippen molar-refractivity contribution in [3.05, 3.63) is 29.3 Å². The molecule has 1 atom stereocenters. The first kappa shape index (κ1) is 14.5. The molecule has 0 spiro atoms. The van der Waals surface area contributed by atoms with Crippen LogP contribution in [0.2, 0.25) is 0 Å². The number of aromatic nitrogens is 1. The van der Waals surface area contributed by atoms with Gasteiger partial charge in [0, 0.05) is 6.54 Å². The number of benzene rings is 1. The largest absolute Gasteiger partial charge is 0.481 e. The van der Waals surface area contributed by atoms with Gasteiger partial charge in [-0.1, -0.05) is 26.0 Å². The van der Waals surface area contributed by atoms with Crippen LogP contribution in [0.25, 0.3) is 10.2 Å². The predicted octanol–water partition coefficient (Wildman–Crippen LogP) is 3.23. The number of carboxylic acids is 1. The molecule has 1 saturated heterocycles. The third kappa shape index (κ3) is 2.56. The van der Waals surface area contributed by atoms with Crippen molar-refractivity contribution < 1.29 is 9.90 Å². The van der Waals surface area contributed by atoms with Crippen molar-refractivity contribution in [2.75, 3.05) is 13.1 Å². The highest BCUT2D eigenvalue weighted by Crippen LogP contribution is 2.39. The van der Waals surface area contributed by atoms with Gasteiger partial charge in [-0.3, -0.25) is 9.69 Å². The Labute approximate surface area is 128 Å². The molecule has 112 valence electrons. The van der Waals surface area contributed by atoms with Crippen molar-refractivity contribution in [1.29, 1.82) is 0 Å². The summed E-state index contributed by atoms with van der Waals surface area (Å²) in [6.07, 6.45) is 0.727. The molecular weight excluding hydrogens is 284 g/mol. The van der Waals surface area contributed by atoms with Gasteiger partial charge < -0.3 is 5.11 Å². The van der Waals surface area contributed by atoms with Gasteiger partial charge in [0.15, 0.2) is 0 Å². The van der Waals surface area contributed by atoms with Crippen molar-refractivity contribution in [3.8, 4) is 0 Å². The summed E-state index contributed by atoms with van der Waals surface area (Å²) in [4.78, 5) is 18.5. The zero-order valence-electron chi connectivity index (χ0n) is 12.4. The number of rotatable bonds is 4. The molecule has 4 nitrogen and oxygen atoms in total. The van der Waals surface area contributed by atoms with Gasteiger partial charge in [0.2, 0.25) is 0 Å². The third-order valence-electron chi connectivity index (χ3n) is 4.61. The average Bonchev–Trinajstić information content (AvgIpc) is 3.02. The molecule has 21 heavy (non-hydrogen) atoms. The normalized spacial score (nSPS) is 23.2. The van der Waals surface area contributed by atoms with E-state index < -0.39 is 11.4 Å². The number of thiazole rings is 1. The van der Waals surface area contributed by atoms with E-state index in [1.165, 1.54) is 4.70 Å². The Morgan fingerprint density at radius 2 is 2.24 bits per heavy atom. The van der Waals surface area contributed by atoms with Crippen LogP contribution in [0.1, 0.15) is 25.3 Å². The molecule has 0 aliphatic carbocycles. The molecule has 0 amide bonds. The van der Waals surface area contributed by atoms with Crippen molar-refractivity contribution in [2.24, 2.45) is 11.3 Å². The Morgan fingerprint density at radius 1 is 1.48 bits per heavy atom. The van der Waals surface area contributed by atoms with Gasteiger partial charge in [-0.2, -0.15) is 0 Å². The van der Waals surface area contributed by atoms with Crippen LogP contribution in [-0.2, 0) is 11.3 Å². The molecule has 1 aromatic heterocycles. The van der Waals surface area contributed by atoms with Gasteiger partial charge >= 0.3 is 5.97 Å². The second-order valence-corrected chi connectivity index (χ2v) is 7.27. The number of aliphatic carboxylic acids is 1. The summed E-state index contributed by atoms with van der Waals surface area (Å²) in [5.41, 5.74) is 0.432. The summed E-state index contributed by atoms with van der Waals surface area (Å²) >= 11 is 1.70. The van der Waals surface area contributed by atoms with Gasteiger partial charge in [0.05, 0.1) is 22.2 Å². The SMILES string of the molecule is CC(C)C1(C(=O)O)CCN(Cc2nc3ccccc3s2)C1. The summed E-state index contributed by atoms with van der Waals surface area (Å²) in [5.74, 6) is -0.514. The Hall–Kier alpha value is -1.46. The minimum absolute atomic E-state index is 0.148. The number of nitrogens with zero attached hydrogens (tertiary/aromatic N) is 2. The Kier molecular flexibility index (Phi) is 3.71. The van der Waals surface area contributed by atoms with Crippen molar-refractivity contribution in [3.63, 3.8) is 0 Å². The van der Waals surface area contributed by atoms with Crippen LogP contribution in [0, 0.1) is 11.3 Å². The van der Waals surface area contributed by atoms with Crippen molar-refractivity contribution in [1.82, 2.24) is 9.88 Å². The minimum atomic E-state index is -0.663. The fourth-order valence-electron chi connectivity index (χ4n) is 3.12. The number of hydrogen-bond donors (Lipinski definition) is 1. The molecule has 0 radical (unpaired) electrons. The maximum Gasteiger partial charge on any atom is 0.311 e. The second-order valence-electron chi connectivity index (χ2n) is 6.15. The first-order valence-electron chi connectivity index (χ1n) is 7.31. The zero-order valence-corrected chi connectivity index (χ0v) is 13.2. The highest BCUT2D eigenvalue weighted by molar-refractivity contribution is 7.18. The molecule has 2 aromatic rings. The zero-order chi connectivity index (χ0) is 15.0. The summed E-state index contributed by atoms with van der Waals surface area (Å²) in [6, 6.07) is 8.12. The quantitative estimate of drug-likeness (QED) is 0.942. The number of likely N-dealkylation sites (tertiary alicyclic amines) is 1. The Morgan fingerprint density at radius 3 is 2.86 bits per heavy atom. The first-order valence-corrected chi connectivity index (χ1v) is 8.13. The van der Waals surface area contributed by atoms with Crippen LogP contribution < -0.4 is 0 Å². The highest BCUT2D eigenvalue weighted by Gasteiger charge is 2.47. The van der Waals surface area contributed by atoms with E-state index in [0.29, 0.717) is 6.54 Å². The maximum atomic E-state index is 11.7. The van der Waals surface area contributed by atoms with Crippen LogP contribution in [0.3, 0.4) is 0 Å². The molecule has 1 aromatic carbocycles. The van der Waals surface area contributed by atoms with E-state index >= 15 is 0 Å². The number of hydrogen-bond acceptors (Lipinski definition) is 4. The van der Waals surface area contributed by atoms with E-state index in [2.05, 4.69) is 16.0 Å². The summed E-state index contributed by atoms with van der Waals surface area (Å²) in [5, 5.41) is 10.7. The van der Waals surface area contributed by atoms with E-state index in [4.69, 9.17) is 0 Å². The highest BCUT2D eigenvalue weighted by atomic mass is 32.1. The van der Waals surface area contributed by atoms with E-state index in [0.717, 1.165) is 30.0 Å². The van der Waals surface area contributed by atoms with Gasteiger partial charge in [-0.25, -0.2) is 4.98 Å².